The minimum atomic E-state index is -0.837. The lowest BCUT2D eigenvalue weighted by Gasteiger charge is -2.32. The zero-order valence-electron chi connectivity index (χ0n) is 15.0. The predicted octanol–water partition coefficient (Wildman–Crippen LogP) is 2.79. The molecule has 0 bridgehead atoms. The van der Waals surface area contributed by atoms with Gasteiger partial charge in [-0.1, -0.05) is 42.5 Å². The molecule has 1 aliphatic rings. The highest BCUT2D eigenvalue weighted by atomic mass is 16.9. The summed E-state index contributed by atoms with van der Waals surface area (Å²) in [7, 11) is 0. The van der Waals surface area contributed by atoms with Crippen molar-refractivity contribution in [3.8, 4) is 0 Å². The first-order valence-corrected chi connectivity index (χ1v) is 9.03. The molecule has 2 aromatic rings. The van der Waals surface area contributed by atoms with Crippen molar-refractivity contribution in [3.05, 3.63) is 81.4 Å². The van der Waals surface area contributed by atoms with Crippen molar-refractivity contribution in [2.45, 2.75) is 32.0 Å². The lowest BCUT2D eigenvalue weighted by Crippen LogP contribution is -2.44. The largest absolute Gasteiger partial charge is 0.349 e. The second kappa shape index (κ2) is 9.14. The van der Waals surface area contributed by atoms with Gasteiger partial charge < -0.3 is 10.2 Å². The van der Waals surface area contributed by atoms with Gasteiger partial charge in [-0.25, -0.2) is 0 Å². The molecule has 2 aromatic carbocycles. The Labute approximate surface area is 158 Å². The smallest absolute Gasteiger partial charge is 0.294 e. The Morgan fingerprint density at radius 3 is 2.52 bits per heavy atom. The molecule has 1 amide bonds. The van der Waals surface area contributed by atoms with Crippen molar-refractivity contribution in [2.75, 3.05) is 13.1 Å². The Hall–Kier alpha value is -2.93. The molecule has 0 radical (unpaired) electrons. The maximum Gasteiger partial charge on any atom is 0.294 e. The SMILES string of the molecule is O=C(NC1CCN(Cc2ccccc2)CC1)c1cccc(CO[N+](=O)[O-])c1. The summed E-state index contributed by atoms with van der Waals surface area (Å²) in [6.45, 7) is 2.65. The number of rotatable bonds is 7. The average Bonchev–Trinajstić information content (AvgIpc) is 2.69. The van der Waals surface area contributed by atoms with Crippen molar-refractivity contribution >= 4 is 5.91 Å². The van der Waals surface area contributed by atoms with E-state index in [9.17, 15) is 14.9 Å². The highest BCUT2D eigenvalue weighted by Crippen LogP contribution is 2.15. The first-order chi connectivity index (χ1) is 13.1. The molecular formula is C20H23N3O4. The summed E-state index contributed by atoms with van der Waals surface area (Å²) >= 11 is 0. The Kier molecular flexibility index (Phi) is 6.38. The molecule has 1 saturated heterocycles. The third kappa shape index (κ3) is 5.79. The monoisotopic (exact) mass is 369 g/mol. The van der Waals surface area contributed by atoms with Gasteiger partial charge in [-0.05, 0) is 36.1 Å². The Bertz CT molecular complexity index is 774. The van der Waals surface area contributed by atoms with Crippen LogP contribution in [0.2, 0.25) is 0 Å². The van der Waals surface area contributed by atoms with Crippen LogP contribution >= 0.6 is 0 Å². The van der Waals surface area contributed by atoms with Crippen LogP contribution in [0.5, 0.6) is 0 Å². The van der Waals surface area contributed by atoms with E-state index in [2.05, 4.69) is 27.2 Å². The van der Waals surface area contributed by atoms with Gasteiger partial charge >= 0.3 is 0 Å². The molecule has 1 heterocycles. The normalized spacial score (nSPS) is 15.3. The maximum absolute atomic E-state index is 12.5. The van der Waals surface area contributed by atoms with Crippen molar-refractivity contribution in [3.63, 3.8) is 0 Å². The fourth-order valence-corrected chi connectivity index (χ4v) is 3.28. The number of carbonyl (C=O) groups excluding carboxylic acids is 1. The van der Waals surface area contributed by atoms with E-state index >= 15 is 0 Å². The summed E-state index contributed by atoms with van der Waals surface area (Å²) < 4.78 is 0. The predicted molar refractivity (Wildman–Crippen MR) is 100 cm³/mol. The third-order valence-corrected chi connectivity index (χ3v) is 4.70. The molecule has 7 nitrogen and oxygen atoms in total. The Morgan fingerprint density at radius 1 is 1.11 bits per heavy atom. The van der Waals surface area contributed by atoms with Crippen molar-refractivity contribution in [1.29, 1.82) is 0 Å². The second-order valence-corrected chi connectivity index (χ2v) is 6.71. The standard InChI is InChI=1S/C20H23N3O4/c24-20(18-8-4-7-17(13-18)15-27-23(25)26)21-19-9-11-22(12-10-19)14-16-5-2-1-3-6-16/h1-8,13,19H,9-12,14-15H2,(H,21,24). The molecular weight excluding hydrogens is 346 g/mol. The van der Waals surface area contributed by atoms with Crippen LogP contribution in [-0.4, -0.2) is 35.0 Å². The molecule has 1 fully saturated rings. The number of benzene rings is 2. The van der Waals surface area contributed by atoms with Crippen LogP contribution in [-0.2, 0) is 18.0 Å². The number of nitrogens with one attached hydrogen (secondary N) is 1. The van der Waals surface area contributed by atoms with E-state index in [1.165, 1.54) is 5.56 Å². The van der Waals surface area contributed by atoms with Crippen LogP contribution in [0.1, 0.15) is 34.3 Å². The van der Waals surface area contributed by atoms with Gasteiger partial charge in [0.1, 0.15) is 6.61 Å². The maximum atomic E-state index is 12.5. The van der Waals surface area contributed by atoms with E-state index in [0.717, 1.165) is 32.5 Å². The Balaban J connectivity index is 1.48. The first kappa shape index (κ1) is 18.8. The second-order valence-electron chi connectivity index (χ2n) is 6.71. The van der Waals surface area contributed by atoms with Gasteiger partial charge in [-0.15, -0.1) is 10.1 Å². The zero-order chi connectivity index (χ0) is 19.1. The fourth-order valence-electron chi connectivity index (χ4n) is 3.28. The number of piperidine rings is 1. The zero-order valence-corrected chi connectivity index (χ0v) is 15.0. The van der Waals surface area contributed by atoms with Gasteiger partial charge in [0.2, 0.25) is 0 Å². The van der Waals surface area contributed by atoms with Gasteiger partial charge in [0.15, 0.2) is 0 Å². The summed E-state index contributed by atoms with van der Waals surface area (Å²) in [5, 5.41) is 12.5. The molecule has 0 atom stereocenters. The number of hydrogen-bond donors (Lipinski definition) is 1. The van der Waals surface area contributed by atoms with Crippen LogP contribution in [0, 0.1) is 10.1 Å². The van der Waals surface area contributed by atoms with E-state index in [4.69, 9.17) is 0 Å². The average molecular weight is 369 g/mol. The van der Waals surface area contributed by atoms with Gasteiger partial charge in [-0.2, -0.15) is 0 Å². The highest BCUT2D eigenvalue weighted by Gasteiger charge is 2.21. The first-order valence-electron chi connectivity index (χ1n) is 9.03. The van der Waals surface area contributed by atoms with E-state index in [1.54, 1.807) is 24.3 Å². The molecule has 0 saturated carbocycles. The van der Waals surface area contributed by atoms with Gasteiger partial charge in [0, 0.05) is 31.2 Å². The van der Waals surface area contributed by atoms with E-state index in [-0.39, 0.29) is 18.6 Å². The molecule has 1 N–H and O–H groups in total. The molecule has 0 aromatic heterocycles. The minimum absolute atomic E-state index is 0.142. The van der Waals surface area contributed by atoms with Crippen molar-refractivity contribution in [1.82, 2.24) is 10.2 Å². The number of nitrogens with zero attached hydrogens (tertiary/aromatic N) is 2. The van der Waals surface area contributed by atoms with Crippen molar-refractivity contribution < 1.29 is 14.7 Å². The molecule has 0 unspecified atom stereocenters. The fraction of sp³-hybridized carbons (Fsp3) is 0.350. The van der Waals surface area contributed by atoms with E-state index in [1.807, 2.05) is 18.2 Å². The Morgan fingerprint density at radius 2 is 1.81 bits per heavy atom. The molecule has 142 valence electrons. The van der Waals surface area contributed by atoms with Crippen LogP contribution in [0.25, 0.3) is 0 Å². The number of amides is 1. The molecule has 3 rings (SSSR count). The quantitative estimate of drug-likeness (QED) is 0.599. The highest BCUT2D eigenvalue weighted by molar-refractivity contribution is 5.94. The molecule has 0 spiro atoms. The van der Waals surface area contributed by atoms with E-state index < -0.39 is 5.09 Å². The van der Waals surface area contributed by atoms with Gasteiger partial charge in [-0.3, -0.25) is 9.69 Å². The van der Waals surface area contributed by atoms with Crippen LogP contribution in [0.15, 0.2) is 54.6 Å². The number of hydrogen-bond acceptors (Lipinski definition) is 5. The van der Waals surface area contributed by atoms with Gasteiger partial charge in [0.05, 0.1) is 0 Å². The summed E-state index contributed by atoms with van der Waals surface area (Å²) in [5.41, 5.74) is 2.39. The van der Waals surface area contributed by atoms with Gasteiger partial charge in [0.25, 0.3) is 11.0 Å². The molecule has 1 aliphatic heterocycles. The summed E-state index contributed by atoms with van der Waals surface area (Å²) in [5.74, 6) is -0.153. The summed E-state index contributed by atoms with van der Waals surface area (Å²) in [6.07, 6.45) is 1.81. The summed E-state index contributed by atoms with van der Waals surface area (Å²) in [6, 6.07) is 17.2. The van der Waals surface area contributed by atoms with E-state index in [0.29, 0.717) is 11.1 Å². The van der Waals surface area contributed by atoms with Crippen molar-refractivity contribution in [2.24, 2.45) is 0 Å². The van der Waals surface area contributed by atoms with Crippen LogP contribution < -0.4 is 5.32 Å². The third-order valence-electron chi connectivity index (χ3n) is 4.70. The lowest BCUT2D eigenvalue weighted by atomic mass is 10.0. The molecule has 7 heteroatoms. The van der Waals surface area contributed by atoms with Crippen LogP contribution in [0.4, 0.5) is 0 Å². The van der Waals surface area contributed by atoms with Crippen LogP contribution in [0.3, 0.4) is 0 Å². The number of carbonyl (C=O) groups is 1. The molecule has 27 heavy (non-hydrogen) atoms. The molecule has 0 aliphatic carbocycles. The topological polar surface area (TPSA) is 84.7 Å². The minimum Gasteiger partial charge on any atom is -0.349 e. The summed E-state index contributed by atoms with van der Waals surface area (Å²) in [4.78, 5) is 29.5. The number of likely N-dealkylation sites (tertiary alicyclic amines) is 1. The lowest BCUT2D eigenvalue weighted by molar-refractivity contribution is -0.763.